The van der Waals surface area contributed by atoms with Crippen molar-refractivity contribution in [2.24, 2.45) is 10.8 Å². The van der Waals surface area contributed by atoms with E-state index in [1.165, 1.54) is 5.57 Å². The summed E-state index contributed by atoms with van der Waals surface area (Å²) in [6.07, 6.45) is 4.27. The van der Waals surface area contributed by atoms with E-state index in [0.717, 1.165) is 0 Å². The number of carbonyl (C=O) groups is 1. The van der Waals surface area contributed by atoms with Crippen molar-refractivity contribution >= 4 is 17.7 Å². The molecule has 2 atom stereocenters. The van der Waals surface area contributed by atoms with Crippen molar-refractivity contribution in [1.29, 1.82) is 0 Å². The van der Waals surface area contributed by atoms with Gasteiger partial charge in [-0.3, -0.25) is 4.79 Å². The van der Waals surface area contributed by atoms with Gasteiger partial charge in [-0.15, -0.1) is 0 Å². The van der Waals surface area contributed by atoms with Crippen LogP contribution in [0.15, 0.2) is 11.6 Å². The first-order valence-electron chi connectivity index (χ1n) is 5.70. The van der Waals surface area contributed by atoms with Gasteiger partial charge in [-0.2, -0.15) is 11.8 Å². The Morgan fingerprint density at radius 2 is 2.06 bits per heavy atom. The largest absolute Gasteiger partial charge is 0.466 e. The van der Waals surface area contributed by atoms with Crippen LogP contribution in [0.4, 0.5) is 0 Å². The summed E-state index contributed by atoms with van der Waals surface area (Å²) in [6.45, 7) is 10.7. The van der Waals surface area contributed by atoms with Crippen LogP contribution in [0, 0.1) is 10.8 Å². The van der Waals surface area contributed by atoms with Crippen LogP contribution in [-0.2, 0) is 9.53 Å². The molecule has 0 unspecified atom stereocenters. The Labute approximate surface area is 103 Å². The number of allylic oxidation sites excluding steroid dienone is 1. The molecule has 3 heteroatoms. The fourth-order valence-electron chi connectivity index (χ4n) is 2.66. The summed E-state index contributed by atoms with van der Waals surface area (Å²) in [5.74, 6) is -0.0764. The van der Waals surface area contributed by atoms with Gasteiger partial charge in [0.15, 0.2) is 0 Å². The fourth-order valence-corrected chi connectivity index (χ4v) is 3.97. The molecule has 0 aromatic rings. The summed E-state index contributed by atoms with van der Waals surface area (Å²) >= 11 is 1.73. The zero-order valence-electron chi connectivity index (χ0n) is 11.1. The van der Waals surface area contributed by atoms with Crippen LogP contribution >= 0.6 is 11.8 Å². The molecule has 0 bridgehead atoms. The first-order valence-corrected chi connectivity index (χ1v) is 6.99. The zero-order chi connectivity index (χ0) is 12.6. The fraction of sp³-hybridized carbons (Fsp3) is 0.769. The van der Waals surface area contributed by atoms with Crippen molar-refractivity contribution in [3.8, 4) is 0 Å². The van der Waals surface area contributed by atoms with Gasteiger partial charge in [0.2, 0.25) is 0 Å². The maximum atomic E-state index is 12.2. The van der Waals surface area contributed by atoms with E-state index >= 15 is 0 Å². The minimum Gasteiger partial charge on any atom is -0.466 e. The normalized spacial score (nSPS) is 32.4. The Kier molecular flexibility index (Phi) is 3.78. The third-order valence-electron chi connectivity index (χ3n) is 3.80. The van der Waals surface area contributed by atoms with Crippen LogP contribution in [0.25, 0.3) is 0 Å². The third kappa shape index (κ3) is 1.79. The number of carbonyl (C=O) groups excluding carboxylic acids is 1. The average Bonchev–Trinajstić information content (AvgIpc) is 2.34. The second-order valence-electron chi connectivity index (χ2n) is 5.15. The molecule has 0 aliphatic heterocycles. The molecule has 0 fully saturated rings. The van der Waals surface area contributed by atoms with Gasteiger partial charge in [0.1, 0.15) is 0 Å². The molecular weight excluding hydrogens is 220 g/mol. The molecule has 0 spiro atoms. The zero-order valence-corrected chi connectivity index (χ0v) is 11.9. The van der Waals surface area contributed by atoms with Crippen LogP contribution in [-0.4, -0.2) is 24.1 Å². The number of rotatable bonds is 3. The smallest absolute Gasteiger partial charge is 0.314 e. The average molecular weight is 242 g/mol. The van der Waals surface area contributed by atoms with Gasteiger partial charge in [-0.1, -0.05) is 25.5 Å². The second kappa shape index (κ2) is 4.44. The molecule has 0 radical (unpaired) electrons. The minimum absolute atomic E-state index is 0.0764. The van der Waals surface area contributed by atoms with Crippen molar-refractivity contribution in [3.63, 3.8) is 0 Å². The number of hydrogen-bond acceptors (Lipinski definition) is 3. The Bertz CT molecular complexity index is 320. The monoisotopic (exact) mass is 242 g/mol. The Balaban J connectivity index is 3.13. The molecule has 0 heterocycles. The summed E-state index contributed by atoms with van der Waals surface area (Å²) in [4.78, 5) is 12.2. The quantitative estimate of drug-likeness (QED) is 0.561. The van der Waals surface area contributed by atoms with E-state index in [-0.39, 0.29) is 16.6 Å². The van der Waals surface area contributed by atoms with Crippen LogP contribution in [0.3, 0.4) is 0 Å². The lowest BCUT2D eigenvalue weighted by atomic mass is 9.68. The van der Waals surface area contributed by atoms with E-state index in [4.69, 9.17) is 4.74 Å². The Hall–Kier alpha value is -0.440. The van der Waals surface area contributed by atoms with Crippen LogP contribution < -0.4 is 0 Å². The van der Waals surface area contributed by atoms with Crippen LogP contribution in [0.2, 0.25) is 0 Å². The van der Waals surface area contributed by atoms with Gasteiger partial charge < -0.3 is 4.74 Å². The van der Waals surface area contributed by atoms with Crippen molar-refractivity contribution in [1.82, 2.24) is 0 Å². The van der Waals surface area contributed by atoms with Gasteiger partial charge >= 0.3 is 5.97 Å². The molecule has 92 valence electrons. The molecule has 0 aromatic carbocycles. The lowest BCUT2D eigenvalue weighted by Gasteiger charge is -2.39. The lowest BCUT2D eigenvalue weighted by molar-refractivity contribution is -0.158. The van der Waals surface area contributed by atoms with Gasteiger partial charge in [-0.25, -0.2) is 0 Å². The highest BCUT2D eigenvalue weighted by Crippen LogP contribution is 2.55. The second-order valence-corrected chi connectivity index (χ2v) is 6.09. The van der Waals surface area contributed by atoms with Gasteiger partial charge in [0, 0.05) is 10.7 Å². The molecule has 0 N–H and O–H groups in total. The summed E-state index contributed by atoms with van der Waals surface area (Å²) in [6, 6.07) is 0. The first-order chi connectivity index (χ1) is 7.31. The van der Waals surface area contributed by atoms with Crippen molar-refractivity contribution < 1.29 is 9.53 Å². The number of esters is 1. The highest BCUT2D eigenvalue weighted by Gasteiger charge is 2.56. The van der Waals surface area contributed by atoms with E-state index in [9.17, 15) is 4.79 Å². The summed E-state index contributed by atoms with van der Waals surface area (Å²) in [5, 5.41) is 0.224. The summed E-state index contributed by atoms with van der Waals surface area (Å²) in [7, 11) is 0. The molecule has 2 nitrogen and oxygen atoms in total. The van der Waals surface area contributed by atoms with Crippen molar-refractivity contribution in [3.05, 3.63) is 11.6 Å². The number of ether oxygens (including phenoxy) is 1. The topological polar surface area (TPSA) is 26.3 Å². The van der Waals surface area contributed by atoms with E-state index in [1.54, 1.807) is 11.8 Å². The van der Waals surface area contributed by atoms with Crippen LogP contribution in [0.1, 0.15) is 34.6 Å². The maximum absolute atomic E-state index is 12.2. The van der Waals surface area contributed by atoms with Crippen molar-refractivity contribution in [2.75, 3.05) is 12.9 Å². The molecule has 1 aliphatic rings. The molecule has 0 amide bonds. The van der Waals surface area contributed by atoms with E-state index in [2.05, 4.69) is 33.1 Å². The van der Waals surface area contributed by atoms with Gasteiger partial charge in [0.25, 0.3) is 0 Å². The predicted molar refractivity (Wildman–Crippen MR) is 69.6 cm³/mol. The van der Waals surface area contributed by atoms with E-state index in [1.807, 2.05) is 13.8 Å². The Morgan fingerprint density at radius 1 is 1.50 bits per heavy atom. The molecule has 1 rings (SSSR count). The van der Waals surface area contributed by atoms with Crippen LogP contribution in [0.5, 0.6) is 0 Å². The molecule has 0 saturated heterocycles. The molecule has 16 heavy (non-hydrogen) atoms. The highest BCUT2D eigenvalue weighted by molar-refractivity contribution is 7.99. The number of hydrogen-bond donors (Lipinski definition) is 0. The molecule has 1 aliphatic carbocycles. The van der Waals surface area contributed by atoms with Crippen molar-refractivity contribution in [2.45, 2.75) is 39.9 Å². The summed E-state index contributed by atoms with van der Waals surface area (Å²) < 4.78 is 5.26. The lowest BCUT2D eigenvalue weighted by Crippen LogP contribution is -2.46. The standard InChI is InChI=1S/C13H22O2S/c1-7-15-11(14)13(5)10(16-6)9(2)8-12(13,3)4/h8,10H,7H2,1-6H3/t10-,13+/m0/s1. The Morgan fingerprint density at radius 3 is 2.50 bits per heavy atom. The first kappa shape index (κ1) is 13.6. The van der Waals surface area contributed by atoms with E-state index < -0.39 is 5.41 Å². The molecular formula is C13H22O2S. The highest BCUT2D eigenvalue weighted by atomic mass is 32.2. The van der Waals surface area contributed by atoms with Gasteiger partial charge in [-0.05, 0) is 27.0 Å². The summed E-state index contributed by atoms with van der Waals surface area (Å²) in [5.41, 5.74) is 0.692. The molecule has 0 saturated carbocycles. The SMILES string of the molecule is CCOC(=O)[C@@]1(C)[C@@H](SC)C(C)=CC1(C)C. The molecule has 0 aromatic heterocycles. The maximum Gasteiger partial charge on any atom is 0.314 e. The minimum atomic E-state index is -0.452. The van der Waals surface area contributed by atoms with Gasteiger partial charge in [0.05, 0.1) is 12.0 Å². The third-order valence-corrected chi connectivity index (χ3v) is 5.11. The number of thioether (sulfide) groups is 1. The predicted octanol–water partition coefficient (Wildman–Crippen LogP) is 3.27. The van der Waals surface area contributed by atoms with E-state index in [0.29, 0.717) is 6.61 Å².